The van der Waals surface area contributed by atoms with Crippen LogP contribution in [0.25, 0.3) is 0 Å². The SMILES string of the molecule is CN(CC(=O)N1CCCC1)c1cccc2c1CNCC2. The molecule has 1 aromatic carbocycles. The number of nitrogens with zero attached hydrogens (tertiary/aromatic N) is 2. The number of nitrogens with one attached hydrogen (secondary N) is 1. The van der Waals surface area contributed by atoms with Crippen molar-refractivity contribution in [3.8, 4) is 0 Å². The quantitative estimate of drug-likeness (QED) is 0.904. The highest BCUT2D eigenvalue weighted by atomic mass is 16.2. The Morgan fingerprint density at radius 2 is 2.15 bits per heavy atom. The maximum atomic E-state index is 12.3. The van der Waals surface area contributed by atoms with Crippen LogP contribution in [-0.4, -0.2) is 44.0 Å². The second kappa shape index (κ2) is 5.83. The van der Waals surface area contributed by atoms with Crippen LogP contribution in [0.15, 0.2) is 18.2 Å². The molecule has 3 rings (SSSR count). The van der Waals surface area contributed by atoms with Crippen molar-refractivity contribution in [1.29, 1.82) is 0 Å². The number of amides is 1. The Morgan fingerprint density at radius 3 is 2.95 bits per heavy atom. The number of hydrogen-bond donors (Lipinski definition) is 1. The first kappa shape index (κ1) is 13.4. The fourth-order valence-electron chi connectivity index (χ4n) is 3.21. The summed E-state index contributed by atoms with van der Waals surface area (Å²) in [5, 5.41) is 3.42. The van der Waals surface area contributed by atoms with Gasteiger partial charge < -0.3 is 15.1 Å². The lowest BCUT2D eigenvalue weighted by Gasteiger charge is -2.28. The van der Waals surface area contributed by atoms with Gasteiger partial charge in [0.1, 0.15) is 0 Å². The molecular weight excluding hydrogens is 250 g/mol. The van der Waals surface area contributed by atoms with E-state index in [1.165, 1.54) is 16.8 Å². The summed E-state index contributed by atoms with van der Waals surface area (Å²) in [6, 6.07) is 6.44. The summed E-state index contributed by atoms with van der Waals surface area (Å²) in [5.41, 5.74) is 3.97. The number of hydrogen-bond acceptors (Lipinski definition) is 3. The van der Waals surface area contributed by atoms with Gasteiger partial charge in [-0.3, -0.25) is 4.79 Å². The summed E-state index contributed by atoms with van der Waals surface area (Å²) in [7, 11) is 2.03. The summed E-state index contributed by atoms with van der Waals surface area (Å²) in [4.78, 5) is 16.4. The van der Waals surface area contributed by atoms with Gasteiger partial charge >= 0.3 is 0 Å². The van der Waals surface area contributed by atoms with E-state index in [1.54, 1.807) is 0 Å². The highest BCUT2D eigenvalue weighted by Gasteiger charge is 2.21. The van der Waals surface area contributed by atoms with Crippen LogP contribution in [0.5, 0.6) is 0 Å². The summed E-state index contributed by atoms with van der Waals surface area (Å²) in [6.45, 7) is 4.30. The Labute approximate surface area is 120 Å². The first-order valence-electron chi connectivity index (χ1n) is 7.56. The highest BCUT2D eigenvalue weighted by Crippen LogP contribution is 2.25. The van der Waals surface area contributed by atoms with E-state index >= 15 is 0 Å². The second-order valence-electron chi connectivity index (χ2n) is 5.79. The summed E-state index contributed by atoms with van der Waals surface area (Å²) in [6.07, 6.45) is 3.39. The van der Waals surface area contributed by atoms with Crippen molar-refractivity contribution in [3.63, 3.8) is 0 Å². The number of fused-ring (bicyclic) bond motifs is 1. The fraction of sp³-hybridized carbons (Fsp3) is 0.562. The van der Waals surface area contributed by atoms with E-state index in [4.69, 9.17) is 0 Å². The van der Waals surface area contributed by atoms with Gasteiger partial charge in [-0.15, -0.1) is 0 Å². The average molecular weight is 273 g/mol. The predicted molar refractivity (Wildman–Crippen MR) is 80.9 cm³/mol. The fourth-order valence-corrected chi connectivity index (χ4v) is 3.21. The van der Waals surface area contributed by atoms with Gasteiger partial charge in [-0.2, -0.15) is 0 Å². The number of likely N-dealkylation sites (N-methyl/N-ethyl adjacent to an activating group) is 1. The van der Waals surface area contributed by atoms with Crippen molar-refractivity contribution in [2.75, 3.05) is 38.1 Å². The van der Waals surface area contributed by atoms with Crippen LogP contribution in [0.2, 0.25) is 0 Å². The third-order valence-corrected chi connectivity index (χ3v) is 4.36. The number of rotatable bonds is 3. The number of likely N-dealkylation sites (tertiary alicyclic amines) is 1. The molecule has 1 amide bonds. The molecule has 4 nitrogen and oxygen atoms in total. The Morgan fingerprint density at radius 1 is 1.35 bits per heavy atom. The van der Waals surface area contributed by atoms with E-state index in [0.29, 0.717) is 6.54 Å². The molecule has 0 radical (unpaired) electrons. The molecule has 1 aromatic rings. The molecule has 0 aliphatic carbocycles. The molecule has 0 atom stereocenters. The van der Waals surface area contributed by atoms with Crippen molar-refractivity contribution < 1.29 is 4.79 Å². The molecule has 0 aromatic heterocycles. The first-order chi connectivity index (χ1) is 9.75. The zero-order valence-corrected chi connectivity index (χ0v) is 12.2. The van der Waals surface area contributed by atoms with Crippen molar-refractivity contribution in [1.82, 2.24) is 10.2 Å². The van der Waals surface area contributed by atoms with E-state index in [2.05, 4.69) is 28.4 Å². The Bertz CT molecular complexity index is 494. The molecule has 0 bridgehead atoms. The molecule has 0 unspecified atom stereocenters. The minimum absolute atomic E-state index is 0.256. The molecule has 2 aliphatic rings. The molecule has 4 heteroatoms. The van der Waals surface area contributed by atoms with Crippen molar-refractivity contribution >= 4 is 11.6 Å². The van der Waals surface area contributed by atoms with Crippen LogP contribution in [0.1, 0.15) is 24.0 Å². The lowest BCUT2D eigenvalue weighted by molar-refractivity contribution is -0.128. The van der Waals surface area contributed by atoms with Crippen molar-refractivity contribution in [2.24, 2.45) is 0 Å². The van der Waals surface area contributed by atoms with Gasteiger partial charge in [0.25, 0.3) is 0 Å². The molecule has 20 heavy (non-hydrogen) atoms. The lowest BCUT2D eigenvalue weighted by atomic mass is 9.99. The van der Waals surface area contributed by atoms with Gasteiger partial charge in [0.15, 0.2) is 0 Å². The van der Waals surface area contributed by atoms with Crippen LogP contribution in [0.4, 0.5) is 5.69 Å². The van der Waals surface area contributed by atoms with Crippen LogP contribution in [0, 0.1) is 0 Å². The van der Waals surface area contributed by atoms with Gasteiger partial charge in [0.05, 0.1) is 6.54 Å². The molecule has 2 heterocycles. The smallest absolute Gasteiger partial charge is 0.242 e. The molecule has 108 valence electrons. The van der Waals surface area contributed by atoms with Gasteiger partial charge in [0, 0.05) is 32.4 Å². The van der Waals surface area contributed by atoms with E-state index in [-0.39, 0.29) is 5.91 Å². The van der Waals surface area contributed by atoms with E-state index in [0.717, 1.165) is 45.4 Å². The van der Waals surface area contributed by atoms with Gasteiger partial charge in [0.2, 0.25) is 5.91 Å². The zero-order valence-electron chi connectivity index (χ0n) is 12.2. The third-order valence-electron chi connectivity index (χ3n) is 4.36. The first-order valence-corrected chi connectivity index (χ1v) is 7.56. The minimum atomic E-state index is 0.256. The van der Waals surface area contributed by atoms with Gasteiger partial charge in [-0.25, -0.2) is 0 Å². The maximum Gasteiger partial charge on any atom is 0.242 e. The van der Waals surface area contributed by atoms with E-state index in [9.17, 15) is 4.79 Å². The Balaban J connectivity index is 1.73. The van der Waals surface area contributed by atoms with Crippen molar-refractivity contribution in [3.05, 3.63) is 29.3 Å². The zero-order chi connectivity index (χ0) is 13.9. The second-order valence-corrected chi connectivity index (χ2v) is 5.79. The molecule has 0 spiro atoms. The lowest BCUT2D eigenvalue weighted by Crippen LogP contribution is -2.38. The van der Waals surface area contributed by atoms with Crippen LogP contribution in [-0.2, 0) is 17.8 Å². The topological polar surface area (TPSA) is 35.6 Å². The van der Waals surface area contributed by atoms with Gasteiger partial charge in [-0.1, -0.05) is 12.1 Å². The number of carbonyl (C=O) groups excluding carboxylic acids is 1. The van der Waals surface area contributed by atoms with E-state index < -0.39 is 0 Å². The monoisotopic (exact) mass is 273 g/mol. The number of carbonyl (C=O) groups is 1. The van der Waals surface area contributed by atoms with Crippen LogP contribution < -0.4 is 10.2 Å². The van der Waals surface area contributed by atoms with Gasteiger partial charge in [-0.05, 0) is 43.0 Å². The van der Waals surface area contributed by atoms with Crippen LogP contribution >= 0.6 is 0 Å². The van der Waals surface area contributed by atoms with Crippen molar-refractivity contribution in [2.45, 2.75) is 25.8 Å². The number of benzene rings is 1. The third kappa shape index (κ3) is 2.66. The largest absolute Gasteiger partial charge is 0.365 e. The highest BCUT2D eigenvalue weighted by molar-refractivity contribution is 5.82. The standard InChI is InChI=1S/C16H23N3O/c1-18(12-16(20)19-9-2-3-10-19)15-6-4-5-13-7-8-17-11-14(13)15/h4-6,17H,2-3,7-12H2,1H3. The molecule has 1 N–H and O–H groups in total. The maximum absolute atomic E-state index is 12.3. The molecule has 0 saturated carbocycles. The molecule has 1 fully saturated rings. The van der Waals surface area contributed by atoms with E-state index in [1.807, 2.05) is 11.9 Å². The Hall–Kier alpha value is -1.55. The molecule has 1 saturated heterocycles. The average Bonchev–Trinajstić information content (AvgIpc) is 3.01. The number of anilines is 1. The molecule has 2 aliphatic heterocycles. The molecular formula is C16H23N3O. The summed E-state index contributed by atoms with van der Waals surface area (Å²) >= 11 is 0. The van der Waals surface area contributed by atoms with Crippen LogP contribution in [0.3, 0.4) is 0 Å². The predicted octanol–water partition coefficient (Wildman–Crippen LogP) is 1.39. The summed E-state index contributed by atoms with van der Waals surface area (Å²) in [5.74, 6) is 0.256. The summed E-state index contributed by atoms with van der Waals surface area (Å²) < 4.78 is 0. The Kier molecular flexibility index (Phi) is 3.92. The minimum Gasteiger partial charge on any atom is -0.365 e. The normalized spacial score (nSPS) is 17.9.